The average Bonchev–Trinajstić information content (AvgIpc) is 2.68. The molecule has 0 aromatic heterocycles. The smallest absolute Gasteiger partial charge is 0.416 e. The van der Waals surface area contributed by atoms with Gasteiger partial charge in [0, 0.05) is 5.92 Å². The predicted molar refractivity (Wildman–Crippen MR) is 116 cm³/mol. The van der Waals surface area contributed by atoms with E-state index in [2.05, 4.69) is 26.0 Å². The fourth-order valence-electron chi connectivity index (χ4n) is 3.85. The summed E-state index contributed by atoms with van der Waals surface area (Å²) in [5.74, 6) is 1.49. The predicted octanol–water partition coefficient (Wildman–Crippen LogP) is 7.81. The topological polar surface area (TPSA) is 9.23 Å². The Kier molecular flexibility index (Phi) is 6.55. The second-order valence-corrected chi connectivity index (χ2v) is 8.08. The van der Waals surface area contributed by atoms with Gasteiger partial charge in [-0.1, -0.05) is 56.3 Å². The van der Waals surface area contributed by atoms with Gasteiger partial charge in [-0.2, -0.15) is 13.2 Å². The Hall–Kier alpha value is -2.75. The van der Waals surface area contributed by atoms with Gasteiger partial charge in [0.1, 0.15) is 5.75 Å². The molecule has 1 atom stereocenters. The third kappa shape index (κ3) is 5.05. The molecule has 0 fully saturated rings. The highest BCUT2D eigenvalue weighted by molar-refractivity contribution is 5.72. The van der Waals surface area contributed by atoms with Gasteiger partial charge in [0.2, 0.25) is 0 Å². The molecule has 3 aromatic rings. The molecule has 1 unspecified atom stereocenters. The number of ether oxygens (including phenoxy) is 1. The van der Waals surface area contributed by atoms with Crippen molar-refractivity contribution >= 4 is 0 Å². The summed E-state index contributed by atoms with van der Waals surface area (Å²) < 4.78 is 44.7. The standard InChI is InChI=1S/C26H27F3O/c1-17(2)24(20-8-6-5-7-9-20)16-30-23-14-18(3)25(19(4)15-23)21-10-12-22(13-11-21)26(27,28)29/h5-15,17,24H,16H2,1-4H3. The molecule has 0 spiro atoms. The third-order valence-corrected chi connectivity index (χ3v) is 5.47. The monoisotopic (exact) mass is 412 g/mol. The molecule has 4 heteroatoms. The number of alkyl halides is 3. The van der Waals surface area contributed by atoms with E-state index >= 15 is 0 Å². The number of aryl methyl sites for hydroxylation is 2. The summed E-state index contributed by atoms with van der Waals surface area (Å²) in [5, 5.41) is 0. The SMILES string of the molecule is Cc1cc(OCC(c2ccccc2)C(C)C)cc(C)c1-c1ccc(C(F)(F)F)cc1. The second kappa shape index (κ2) is 8.95. The van der Waals surface area contributed by atoms with Crippen molar-refractivity contribution in [2.75, 3.05) is 6.61 Å². The van der Waals surface area contributed by atoms with E-state index in [4.69, 9.17) is 4.74 Å². The molecule has 0 N–H and O–H groups in total. The van der Waals surface area contributed by atoms with E-state index in [9.17, 15) is 13.2 Å². The molecular formula is C26H27F3O. The van der Waals surface area contributed by atoms with E-state index < -0.39 is 11.7 Å². The van der Waals surface area contributed by atoms with Gasteiger partial charge in [-0.3, -0.25) is 0 Å². The highest BCUT2D eigenvalue weighted by Gasteiger charge is 2.30. The maximum Gasteiger partial charge on any atom is 0.416 e. The Balaban J connectivity index is 1.81. The average molecular weight is 412 g/mol. The summed E-state index contributed by atoms with van der Waals surface area (Å²) in [6, 6.07) is 19.6. The van der Waals surface area contributed by atoms with Crippen molar-refractivity contribution in [3.63, 3.8) is 0 Å². The first-order chi connectivity index (χ1) is 14.2. The summed E-state index contributed by atoms with van der Waals surface area (Å²) in [6.07, 6.45) is -4.33. The van der Waals surface area contributed by atoms with Crippen LogP contribution in [0.25, 0.3) is 11.1 Å². The van der Waals surface area contributed by atoms with E-state index in [1.807, 2.05) is 44.2 Å². The fourth-order valence-corrected chi connectivity index (χ4v) is 3.85. The molecular weight excluding hydrogens is 385 g/mol. The number of hydrogen-bond acceptors (Lipinski definition) is 1. The fraction of sp³-hybridized carbons (Fsp3) is 0.308. The summed E-state index contributed by atoms with van der Waals surface area (Å²) in [4.78, 5) is 0. The Morgan fingerprint density at radius 3 is 1.90 bits per heavy atom. The molecule has 0 aliphatic heterocycles. The van der Waals surface area contributed by atoms with Crippen molar-refractivity contribution in [1.82, 2.24) is 0 Å². The lowest BCUT2D eigenvalue weighted by molar-refractivity contribution is -0.137. The first kappa shape index (κ1) is 21.9. The molecule has 30 heavy (non-hydrogen) atoms. The van der Waals surface area contributed by atoms with Gasteiger partial charge in [0.25, 0.3) is 0 Å². The highest BCUT2D eigenvalue weighted by atomic mass is 19.4. The van der Waals surface area contributed by atoms with E-state index in [1.165, 1.54) is 17.7 Å². The van der Waals surface area contributed by atoms with Crippen molar-refractivity contribution in [2.45, 2.75) is 39.8 Å². The van der Waals surface area contributed by atoms with Crippen LogP contribution in [0.5, 0.6) is 5.75 Å². The third-order valence-electron chi connectivity index (χ3n) is 5.47. The van der Waals surface area contributed by atoms with Crippen LogP contribution in [0.15, 0.2) is 66.7 Å². The lowest BCUT2D eigenvalue weighted by Gasteiger charge is -2.22. The number of rotatable bonds is 6. The Bertz CT molecular complexity index is 950. The Labute approximate surface area is 176 Å². The zero-order valence-electron chi connectivity index (χ0n) is 17.8. The summed E-state index contributed by atoms with van der Waals surface area (Å²) in [6.45, 7) is 8.87. The lowest BCUT2D eigenvalue weighted by atomic mass is 9.89. The molecule has 0 saturated heterocycles. The maximum atomic E-state index is 12.8. The van der Waals surface area contributed by atoms with Crippen LogP contribution in [0, 0.1) is 19.8 Å². The lowest BCUT2D eigenvalue weighted by Crippen LogP contribution is -2.16. The van der Waals surface area contributed by atoms with E-state index in [0.717, 1.165) is 40.1 Å². The molecule has 1 nitrogen and oxygen atoms in total. The van der Waals surface area contributed by atoms with Crippen molar-refractivity contribution in [1.29, 1.82) is 0 Å². The van der Waals surface area contributed by atoms with Crippen LogP contribution in [0.4, 0.5) is 13.2 Å². The summed E-state index contributed by atoms with van der Waals surface area (Å²) >= 11 is 0. The zero-order valence-corrected chi connectivity index (χ0v) is 17.8. The van der Waals surface area contributed by atoms with Crippen LogP contribution >= 0.6 is 0 Å². The van der Waals surface area contributed by atoms with Crippen LogP contribution in [-0.4, -0.2) is 6.61 Å². The van der Waals surface area contributed by atoms with Crippen LogP contribution in [-0.2, 0) is 6.18 Å². The van der Waals surface area contributed by atoms with Gasteiger partial charge in [-0.15, -0.1) is 0 Å². The Morgan fingerprint density at radius 2 is 1.40 bits per heavy atom. The van der Waals surface area contributed by atoms with Crippen molar-refractivity contribution in [2.24, 2.45) is 5.92 Å². The van der Waals surface area contributed by atoms with Crippen LogP contribution in [0.2, 0.25) is 0 Å². The normalized spacial score (nSPS) is 12.8. The van der Waals surface area contributed by atoms with E-state index in [-0.39, 0.29) is 5.92 Å². The van der Waals surface area contributed by atoms with Crippen LogP contribution in [0.3, 0.4) is 0 Å². The van der Waals surface area contributed by atoms with Crippen molar-refractivity contribution in [3.05, 3.63) is 89.0 Å². The minimum atomic E-state index is -4.33. The van der Waals surface area contributed by atoms with Gasteiger partial charge in [0.15, 0.2) is 0 Å². The zero-order chi connectivity index (χ0) is 21.9. The highest BCUT2D eigenvalue weighted by Crippen LogP contribution is 2.35. The summed E-state index contributed by atoms with van der Waals surface area (Å²) in [5.41, 5.74) is 4.29. The molecule has 158 valence electrons. The number of halogens is 3. The molecule has 0 radical (unpaired) electrons. The quantitative estimate of drug-likeness (QED) is 0.401. The van der Waals surface area contributed by atoms with E-state index in [1.54, 1.807) is 0 Å². The van der Waals surface area contributed by atoms with Gasteiger partial charge in [-0.05, 0) is 71.8 Å². The molecule has 0 aliphatic rings. The van der Waals surface area contributed by atoms with Crippen molar-refractivity contribution < 1.29 is 17.9 Å². The van der Waals surface area contributed by atoms with Gasteiger partial charge >= 0.3 is 6.18 Å². The minimum Gasteiger partial charge on any atom is -0.493 e. The molecule has 0 heterocycles. The molecule has 0 bridgehead atoms. The maximum absolute atomic E-state index is 12.8. The van der Waals surface area contributed by atoms with Crippen LogP contribution in [0.1, 0.15) is 42.0 Å². The summed E-state index contributed by atoms with van der Waals surface area (Å²) in [7, 11) is 0. The minimum absolute atomic E-state index is 0.279. The molecule has 0 saturated carbocycles. The first-order valence-electron chi connectivity index (χ1n) is 10.1. The first-order valence-corrected chi connectivity index (χ1v) is 10.1. The van der Waals surface area contributed by atoms with Crippen LogP contribution < -0.4 is 4.74 Å². The van der Waals surface area contributed by atoms with Gasteiger partial charge < -0.3 is 4.74 Å². The molecule has 3 rings (SSSR count). The molecule has 3 aromatic carbocycles. The molecule has 0 amide bonds. The second-order valence-electron chi connectivity index (χ2n) is 8.08. The Morgan fingerprint density at radius 1 is 0.833 bits per heavy atom. The van der Waals surface area contributed by atoms with E-state index in [0.29, 0.717) is 12.5 Å². The molecule has 0 aliphatic carbocycles. The van der Waals surface area contributed by atoms with Crippen molar-refractivity contribution in [3.8, 4) is 16.9 Å². The largest absolute Gasteiger partial charge is 0.493 e. The number of benzene rings is 3. The number of hydrogen-bond donors (Lipinski definition) is 0. The van der Waals surface area contributed by atoms with Gasteiger partial charge in [0.05, 0.1) is 12.2 Å². The van der Waals surface area contributed by atoms with Gasteiger partial charge in [-0.25, -0.2) is 0 Å².